The summed E-state index contributed by atoms with van der Waals surface area (Å²) in [6.07, 6.45) is 0.919. The van der Waals surface area contributed by atoms with Crippen molar-refractivity contribution in [3.8, 4) is 0 Å². The van der Waals surface area contributed by atoms with E-state index in [1.807, 2.05) is 0 Å². The van der Waals surface area contributed by atoms with Gasteiger partial charge in [-0.05, 0) is 23.9 Å². The molecule has 0 saturated heterocycles. The van der Waals surface area contributed by atoms with Gasteiger partial charge in [0.1, 0.15) is 0 Å². The summed E-state index contributed by atoms with van der Waals surface area (Å²) < 4.78 is 0. The highest BCUT2D eigenvalue weighted by Crippen LogP contribution is 2.19. The van der Waals surface area contributed by atoms with Gasteiger partial charge in [0, 0.05) is 36.2 Å². The second kappa shape index (κ2) is 10.2. The number of nitrogens with one attached hydrogen (secondary N) is 2. The van der Waals surface area contributed by atoms with Gasteiger partial charge < -0.3 is 10.6 Å². The van der Waals surface area contributed by atoms with Crippen molar-refractivity contribution >= 4 is 52.6 Å². The van der Waals surface area contributed by atoms with Crippen LogP contribution in [0.3, 0.4) is 0 Å². The maximum Gasteiger partial charge on any atom is 0.191 e. The van der Waals surface area contributed by atoms with Gasteiger partial charge in [-0.15, -0.1) is 46.7 Å². The third-order valence-corrected chi connectivity index (χ3v) is 5.56. The van der Waals surface area contributed by atoms with E-state index in [-0.39, 0.29) is 24.0 Å². The van der Waals surface area contributed by atoms with Gasteiger partial charge >= 0.3 is 0 Å². The topological polar surface area (TPSA) is 49.3 Å². The van der Waals surface area contributed by atoms with Gasteiger partial charge in [-0.2, -0.15) is 0 Å². The van der Waals surface area contributed by atoms with Gasteiger partial charge in [0.05, 0.1) is 17.2 Å². The molecule has 0 aliphatic rings. The van der Waals surface area contributed by atoms with Crippen LogP contribution in [-0.4, -0.2) is 24.5 Å². The summed E-state index contributed by atoms with van der Waals surface area (Å²) in [7, 11) is 1.80. The number of aryl methyl sites for hydroxylation is 1. The SMILES string of the molecule is CN=C(NCCc1csc(C(C)C)n1)NCc1sccc1C.I. The number of aliphatic imine (C=N–C) groups is 1. The summed E-state index contributed by atoms with van der Waals surface area (Å²) in [6, 6.07) is 2.15. The van der Waals surface area contributed by atoms with Crippen LogP contribution < -0.4 is 10.6 Å². The standard InChI is InChI=1S/C16H24N4S2.HI/c1-11(2)15-20-13(10-22-15)5-7-18-16(17-4)19-9-14-12(3)6-8-21-14;/h6,8,10-11H,5,7,9H2,1-4H3,(H2,17,18,19);1H. The molecule has 128 valence electrons. The number of thiophene rings is 1. The monoisotopic (exact) mass is 464 g/mol. The molecule has 0 spiro atoms. The average molecular weight is 464 g/mol. The lowest BCUT2D eigenvalue weighted by Gasteiger charge is -2.11. The lowest BCUT2D eigenvalue weighted by molar-refractivity contribution is 0.779. The molecule has 0 amide bonds. The van der Waals surface area contributed by atoms with Crippen LogP contribution in [0.25, 0.3) is 0 Å². The van der Waals surface area contributed by atoms with E-state index in [0.717, 1.165) is 31.2 Å². The Kier molecular flexibility index (Phi) is 9.08. The summed E-state index contributed by atoms with van der Waals surface area (Å²) in [5.74, 6) is 1.35. The molecule has 0 unspecified atom stereocenters. The number of aromatic nitrogens is 1. The van der Waals surface area contributed by atoms with E-state index in [0.29, 0.717) is 5.92 Å². The van der Waals surface area contributed by atoms with Crippen LogP contribution in [-0.2, 0) is 13.0 Å². The summed E-state index contributed by atoms with van der Waals surface area (Å²) in [5.41, 5.74) is 2.49. The summed E-state index contributed by atoms with van der Waals surface area (Å²) in [6.45, 7) is 8.15. The number of halogens is 1. The van der Waals surface area contributed by atoms with E-state index < -0.39 is 0 Å². The fraction of sp³-hybridized carbons (Fsp3) is 0.500. The highest BCUT2D eigenvalue weighted by atomic mass is 127. The Morgan fingerprint density at radius 2 is 2.09 bits per heavy atom. The van der Waals surface area contributed by atoms with Crippen LogP contribution in [0.2, 0.25) is 0 Å². The Balaban J connectivity index is 0.00000264. The smallest absolute Gasteiger partial charge is 0.191 e. The first-order chi connectivity index (χ1) is 10.6. The Hall–Kier alpha value is -0.670. The third-order valence-electron chi connectivity index (χ3n) is 3.35. The van der Waals surface area contributed by atoms with E-state index in [4.69, 9.17) is 0 Å². The zero-order chi connectivity index (χ0) is 15.9. The van der Waals surface area contributed by atoms with E-state index >= 15 is 0 Å². The van der Waals surface area contributed by atoms with E-state index in [9.17, 15) is 0 Å². The highest BCUT2D eigenvalue weighted by molar-refractivity contribution is 14.0. The molecule has 7 heteroatoms. The van der Waals surface area contributed by atoms with Crippen LogP contribution >= 0.6 is 46.7 Å². The van der Waals surface area contributed by atoms with Gasteiger partial charge in [-0.1, -0.05) is 13.8 Å². The van der Waals surface area contributed by atoms with Gasteiger partial charge in [-0.3, -0.25) is 4.99 Å². The maximum absolute atomic E-state index is 4.65. The average Bonchev–Trinajstić information content (AvgIpc) is 3.12. The predicted octanol–water partition coefficient (Wildman–Crippen LogP) is 4.16. The van der Waals surface area contributed by atoms with Crippen molar-refractivity contribution in [3.05, 3.63) is 38.0 Å². The third kappa shape index (κ3) is 6.39. The largest absolute Gasteiger partial charge is 0.356 e. The number of hydrogen-bond acceptors (Lipinski definition) is 4. The fourth-order valence-corrected chi connectivity index (χ4v) is 3.70. The van der Waals surface area contributed by atoms with Crippen molar-refractivity contribution in [1.29, 1.82) is 0 Å². The van der Waals surface area contributed by atoms with Crippen LogP contribution in [0.1, 0.15) is 40.9 Å². The first kappa shape index (κ1) is 20.4. The number of nitrogens with zero attached hydrogens (tertiary/aromatic N) is 2. The lowest BCUT2D eigenvalue weighted by Crippen LogP contribution is -2.37. The lowest BCUT2D eigenvalue weighted by atomic mass is 10.2. The number of thiazole rings is 1. The molecule has 0 radical (unpaired) electrons. The van der Waals surface area contributed by atoms with Gasteiger partial charge in [0.2, 0.25) is 0 Å². The second-order valence-corrected chi connectivity index (χ2v) is 7.35. The number of guanidine groups is 1. The zero-order valence-corrected chi connectivity index (χ0v) is 18.0. The molecule has 23 heavy (non-hydrogen) atoms. The van der Waals surface area contributed by atoms with Crippen molar-refractivity contribution in [2.75, 3.05) is 13.6 Å². The maximum atomic E-state index is 4.65. The molecule has 0 aliphatic heterocycles. The molecular weight excluding hydrogens is 439 g/mol. The zero-order valence-electron chi connectivity index (χ0n) is 14.0. The van der Waals surface area contributed by atoms with E-state index in [1.165, 1.54) is 15.4 Å². The molecule has 2 aromatic rings. The molecule has 0 aromatic carbocycles. The first-order valence-corrected chi connectivity index (χ1v) is 9.28. The Morgan fingerprint density at radius 3 is 2.65 bits per heavy atom. The molecule has 2 aromatic heterocycles. The van der Waals surface area contributed by atoms with Crippen molar-refractivity contribution < 1.29 is 0 Å². The molecule has 2 heterocycles. The minimum absolute atomic E-state index is 0. The Labute approximate surface area is 163 Å². The van der Waals surface area contributed by atoms with Gasteiger partial charge in [-0.25, -0.2) is 4.98 Å². The molecule has 0 fully saturated rings. The fourth-order valence-electron chi connectivity index (χ4n) is 1.98. The predicted molar refractivity (Wildman–Crippen MR) is 113 cm³/mol. The van der Waals surface area contributed by atoms with Gasteiger partial charge in [0.15, 0.2) is 5.96 Å². The molecule has 4 nitrogen and oxygen atoms in total. The minimum Gasteiger partial charge on any atom is -0.356 e. The van der Waals surface area contributed by atoms with Crippen molar-refractivity contribution in [2.45, 2.75) is 39.7 Å². The van der Waals surface area contributed by atoms with Crippen LogP contribution in [0, 0.1) is 6.92 Å². The highest BCUT2D eigenvalue weighted by Gasteiger charge is 2.06. The molecule has 2 N–H and O–H groups in total. The van der Waals surface area contributed by atoms with Gasteiger partial charge in [0.25, 0.3) is 0 Å². The van der Waals surface area contributed by atoms with Crippen LogP contribution in [0.5, 0.6) is 0 Å². The number of hydrogen-bond donors (Lipinski definition) is 2. The van der Waals surface area contributed by atoms with Crippen LogP contribution in [0.15, 0.2) is 21.8 Å². The molecule has 2 rings (SSSR count). The van der Waals surface area contributed by atoms with Crippen LogP contribution in [0.4, 0.5) is 0 Å². The normalized spacial score (nSPS) is 11.4. The van der Waals surface area contributed by atoms with E-state index in [2.05, 4.69) is 58.2 Å². The van der Waals surface area contributed by atoms with Crippen molar-refractivity contribution in [2.24, 2.45) is 4.99 Å². The molecule has 0 aliphatic carbocycles. The summed E-state index contributed by atoms with van der Waals surface area (Å²) in [4.78, 5) is 10.3. The van der Waals surface area contributed by atoms with Crippen molar-refractivity contribution in [1.82, 2.24) is 15.6 Å². The molecule has 0 saturated carbocycles. The minimum atomic E-state index is 0. The van der Waals surface area contributed by atoms with E-state index in [1.54, 1.807) is 29.7 Å². The molecule has 0 bridgehead atoms. The number of rotatable bonds is 6. The second-order valence-electron chi connectivity index (χ2n) is 5.46. The quantitative estimate of drug-likeness (QED) is 0.384. The summed E-state index contributed by atoms with van der Waals surface area (Å²) in [5, 5.41) is 12.2. The Morgan fingerprint density at radius 1 is 1.30 bits per heavy atom. The molecular formula is C16H25IN4S2. The first-order valence-electron chi connectivity index (χ1n) is 7.52. The molecule has 0 atom stereocenters. The Bertz CT molecular complexity index is 619. The summed E-state index contributed by atoms with van der Waals surface area (Å²) >= 11 is 3.52. The van der Waals surface area contributed by atoms with Crippen molar-refractivity contribution in [3.63, 3.8) is 0 Å².